The number of hydrogen-bond acceptors (Lipinski definition) is 4. The van der Waals surface area contributed by atoms with Crippen molar-refractivity contribution in [2.75, 3.05) is 13.2 Å². The van der Waals surface area contributed by atoms with Crippen LogP contribution >= 0.6 is 0 Å². The molecule has 1 amide bonds. The third-order valence-electron chi connectivity index (χ3n) is 3.89. The molecule has 1 heterocycles. The van der Waals surface area contributed by atoms with E-state index in [-0.39, 0.29) is 12.0 Å². The first-order valence-electron chi connectivity index (χ1n) is 8.34. The van der Waals surface area contributed by atoms with Crippen molar-refractivity contribution in [3.63, 3.8) is 0 Å². The van der Waals surface area contributed by atoms with Crippen molar-refractivity contribution in [3.8, 4) is 5.75 Å². The van der Waals surface area contributed by atoms with Crippen LogP contribution in [0.4, 0.5) is 0 Å². The molecule has 6 heteroatoms. The maximum absolute atomic E-state index is 12.2. The van der Waals surface area contributed by atoms with Gasteiger partial charge in [0.05, 0.1) is 6.10 Å². The highest BCUT2D eigenvalue weighted by Crippen LogP contribution is 2.17. The zero-order chi connectivity index (χ0) is 17.5. The van der Waals surface area contributed by atoms with Crippen LogP contribution in [0.25, 0.3) is 0 Å². The molecule has 0 aromatic heterocycles. The van der Waals surface area contributed by atoms with E-state index in [2.05, 4.69) is 5.32 Å². The molecule has 6 nitrogen and oxygen atoms in total. The van der Waals surface area contributed by atoms with Gasteiger partial charge in [-0.1, -0.05) is 13.8 Å². The van der Waals surface area contributed by atoms with Gasteiger partial charge in [0, 0.05) is 12.2 Å². The molecule has 0 aliphatic carbocycles. The van der Waals surface area contributed by atoms with Crippen LogP contribution in [-0.2, 0) is 9.53 Å². The highest BCUT2D eigenvalue weighted by atomic mass is 16.5. The van der Waals surface area contributed by atoms with E-state index >= 15 is 0 Å². The van der Waals surface area contributed by atoms with Crippen LogP contribution in [0.1, 0.15) is 43.5 Å². The highest BCUT2D eigenvalue weighted by molar-refractivity contribution is 5.96. The zero-order valence-electron chi connectivity index (χ0n) is 14.2. The maximum atomic E-state index is 12.2. The van der Waals surface area contributed by atoms with E-state index in [4.69, 9.17) is 9.47 Å². The fraction of sp³-hybridized carbons (Fsp3) is 0.556. The molecule has 24 heavy (non-hydrogen) atoms. The summed E-state index contributed by atoms with van der Waals surface area (Å²) >= 11 is 0. The Morgan fingerprint density at radius 2 is 2.04 bits per heavy atom. The van der Waals surface area contributed by atoms with Crippen LogP contribution in [0.5, 0.6) is 5.75 Å². The van der Waals surface area contributed by atoms with Crippen molar-refractivity contribution in [1.82, 2.24) is 5.32 Å². The number of carbonyl (C=O) groups is 2. The van der Waals surface area contributed by atoms with Gasteiger partial charge in [-0.2, -0.15) is 0 Å². The van der Waals surface area contributed by atoms with E-state index in [1.165, 1.54) is 0 Å². The molecule has 1 unspecified atom stereocenters. The lowest BCUT2D eigenvalue weighted by molar-refractivity contribution is -0.139. The first-order chi connectivity index (χ1) is 11.5. The molecule has 1 saturated heterocycles. The van der Waals surface area contributed by atoms with Crippen molar-refractivity contribution in [1.29, 1.82) is 0 Å². The van der Waals surface area contributed by atoms with Crippen LogP contribution in [0.3, 0.4) is 0 Å². The average Bonchev–Trinajstić information content (AvgIpc) is 3.05. The lowest BCUT2D eigenvalue weighted by Crippen LogP contribution is -2.41. The lowest BCUT2D eigenvalue weighted by atomic mass is 10.0. The molecule has 2 N–H and O–H groups in total. The summed E-state index contributed by atoms with van der Waals surface area (Å²) in [6.07, 6.45) is 2.60. The molecule has 2 atom stereocenters. The highest BCUT2D eigenvalue weighted by Gasteiger charge is 2.22. The summed E-state index contributed by atoms with van der Waals surface area (Å²) in [7, 11) is 0. The van der Waals surface area contributed by atoms with Gasteiger partial charge in [-0.3, -0.25) is 4.79 Å². The number of carbonyl (C=O) groups excluding carboxylic acids is 1. The number of carboxylic acid groups (broad SMARTS) is 1. The zero-order valence-corrected chi connectivity index (χ0v) is 14.2. The second-order valence-electron chi connectivity index (χ2n) is 6.46. The number of aliphatic carboxylic acids is 1. The summed E-state index contributed by atoms with van der Waals surface area (Å²) in [5.41, 5.74) is 0.412. The summed E-state index contributed by atoms with van der Waals surface area (Å²) in [6.45, 7) is 5.12. The molecule has 1 aromatic rings. The van der Waals surface area contributed by atoms with Gasteiger partial charge in [0.2, 0.25) is 0 Å². The number of ether oxygens (including phenoxy) is 2. The van der Waals surface area contributed by atoms with E-state index in [0.29, 0.717) is 24.3 Å². The fourth-order valence-electron chi connectivity index (χ4n) is 2.60. The third-order valence-corrected chi connectivity index (χ3v) is 3.89. The van der Waals surface area contributed by atoms with Crippen molar-refractivity contribution >= 4 is 11.9 Å². The molecule has 0 bridgehead atoms. The van der Waals surface area contributed by atoms with E-state index in [1.807, 2.05) is 13.8 Å². The second kappa shape index (κ2) is 8.68. The maximum Gasteiger partial charge on any atom is 0.326 e. The molecule has 0 spiro atoms. The third kappa shape index (κ3) is 5.53. The minimum absolute atomic E-state index is 0.139. The summed E-state index contributed by atoms with van der Waals surface area (Å²) in [6, 6.07) is 5.81. The van der Waals surface area contributed by atoms with Gasteiger partial charge >= 0.3 is 5.97 Å². The van der Waals surface area contributed by atoms with E-state index in [1.54, 1.807) is 24.3 Å². The number of hydrogen-bond donors (Lipinski definition) is 2. The van der Waals surface area contributed by atoms with Gasteiger partial charge in [0.1, 0.15) is 18.4 Å². The summed E-state index contributed by atoms with van der Waals surface area (Å²) in [5, 5.41) is 11.8. The molecule has 132 valence electrons. The smallest absolute Gasteiger partial charge is 0.326 e. The van der Waals surface area contributed by atoms with Gasteiger partial charge < -0.3 is 19.9 Å². The minimum Gasteiger partial charge on any atom is -0.491 e. The molecular weight excluding hydrogens is 310 g/mol. The Morgan fingerprint density at radius 1 is 1.33 bits per heavy atom. The number of amides is 1. The Labute approximate surface area is 142 Å². The fourth-order valence-corrected chi connectivity index (χ4v) is 2.60. The normalized spacial score (nSPS) is 18.4. The SMILES string of the molecule is CC(C)C[C@@H](NC(=O)c1ccc(OCC2CCCO2)cc1)C(=O)O. The molecule has 2 rings (SSSR count). The lowest BCUT2D eigenvalue weighted by Gasteiger charge is -2.16. The molecule has 0 saturated carbocycles. The predicted octanol–water partition coefficient (Wildman–Crippen LogP) is 2.47. The molecular formula is C18H25NO5. The number of carboxylic acids is 1. The van der Waals surface area contributed by atoms with Crippen LogP contribution < -0.4 is 10.1 Å². The van der Waals surface area contributed by atoms with Gasteiger partial charge in [-0.15, -0.1) is 0 Å². The molecule has 0 radical (unpaired) electrons. The Kier molecular flexibility index (Phi) is 6.61. The summed E-state index contributed by atoms with van der Waals surface area (Å²) < 4.78 is 11.1. The molecule has 1 fully saturated rings. The van der Waals surface area contributed by atoms with Gasteiger partial charge in [-0.05, 0) is 49.4 Å². The topological polar surface area (TPSA) is 84.9 Å². The predicted molar refractivity (Wildman–Crippen MR) is 89.3 cm³/mol. The monoisotopic (exact) mass is 335 g/mol. The average molecular weight is 335 g/mol. The standard InChI is InChI=1S/C18H25NO5/c1-12(2)10-16(18(21)22)19-17(20)13-5-7-14(8-6-13)24-11-15-4-3-9-23-15/h5-8,12,15-16H,3-4,9-11H2,1-2H3,(H,19,20)(H,21,22)/t15?,16-/m1/s1. The second-order valence-corrected chi connectivity index (χ2v) is 6.46. The first-order valence-corrected chi connectivity index (χ1v) is 8.34. The Morgan fingerprint density at radius 3 is 2.58 bits per heavy atom. The Balaban J connectivity index is 1.88. The molecule has 1 aromatic carbocycles. The van der Waals surface area contributed by atoms with Crippen molar-refractivity contribution in [3.05, 3.63) is 29.8 Å². The summed E-state index contributed by atoms with van der Waals surface area (Å²) in [5.74, 6) is -0.568. The van der Waals surface area contributed by atoms with Crippen molar-refractivity contribution < 1.29 is 24.2 Å². The Hall–Kier alpha value is -2.08. The minimum atomic E-state index is -1.02. The van der Waals surface area contributed by atoms with Gasteiger partial charge in [0.25, 0.3) is 5.91 Å². The first kappa shape index (κ1) is 18.3. The van der Waals surface area contributed by atoms with Gasteiger partial charge in [0.15, 0.2) is 0 Å². The van der Waals surface area contributed by atoms with Crippen LogP contribution in [0, 0.1) is 5.92 Å². The Bertz CT molecular complexity index is 549. The largest absolute Gasteiger partial charge is 0.491 e. The van der Waals surface area contributed by atoms with Crippen LogP contribution in [-0.4, -0.2) is 42.3 Å². The van der Waals surface area contributed by atoms with Crippen LogP contribution in [0.15, 0.2) is 24.3 Å². The van der Waals surface area contributed by atoms with E-state index in [9.17, 15) is 14.7 Å². The van der Waals surface area contributed by atoms with Crippen LogP contribution in [0.2, 0.25) is 0 Å². The van der Waals surface area contributed by atoms with Gasteiger partial charge in [-0.25, -0.2) is 4.79 Å². The number of rotatable bonds is 8. The number of nitrogens with one attached hydrogen (secondary N) is 1. The summed E-state index contributed by atoms with van der Waals surface area (Å²) in [4.78, 5) is 23.4. The van der Waals surface area contributed by atoms with E-state index in [0.717, 1.165) is 19.4 Å². The number of benzene rings is 1. The van der Waals surface area contributed by atoms with Crippen molar-refractivity contribution in [2.45, 2.75) is 45.3 Å². The molecule has 1 aliphatic heterocycles. The quantitative estimate of drug-likeness (QED) is 0.762. The molecule has 1 aliphatic rings. The van der Waals surface area contributed by atoms with E-state index < -0.39 is 17.9 Å². The van der Waals surface area contributed by atoms with Crippen molar-refractivity contribution in [2.24, 2.45) is 5.92 Å².